The summed E-state index contributed by atoms with van der Waals surface area (Å²) in [6, 6.07) is 11.9. The SMILES string of the molecule is Cc1cccnc1CN1CCN(C(=O)c2ccc(CCC(C)(C)O)cc2)CC1. The number of aromatic nitrogens is 1. The first-order valence-corrected chi connectivity index (χ1v) is 10.1. The molecule has 0 bridgehead atoms. The molecule has 0 aliphatic carbocycles. The Balaban J connectivity index is 1.51. The molecule has 28 heavy (non-hydrogen) atoms. The second-order valence-electron chi connectivity index (χ2n) is 8.34. The minimum Gasteiger partial charge on any atom is -0.390 e. The topological polar surface area (TPSA) is 56.7 Å². The third-order valence-electron chi connectivity index (χ3n) is 5.38. The maximum absolute atomic E-state index is 12.8. The zero-order valence-corrected chi connectivity index (χ0v) is 17.2. The summed E-state index contributed by atoms with van der Waals surface area (Å²) < 4.78 is 0. The molecule has 1 aliphatic heterocycles. The molecule has 0 atom stereocenters. The van der Waals surface area contributed by atoms with Crippen molar-refractivity contribution in [3.63, 3.8) is 0 Å². The molecule has 1 N–H and O–H groups in total. The summed E-state index contributed by atoms with van der Waals surface area (Å²) in [4.78, 5) is 21.6. The van der Waals surface area contributed by atoms with Crippen LogP contribution in [0, 0.1) is 6.92 Å². The molecule has 5 heteroatoms. The lowest BCUT2D eigenvalue weighted by molar-refractivity contribution is 0.0625. The van der Waals surface area contributed by atoms with Crippen molar-refractivity contribution < 1.29 is 9.90 Å². The van der Waals surface area contributed by atoms with Gasteiger partial charge in [0.15, 0.2) is 0 Å². The molecule has 1 aromatic carbocycles. The van der Waals surface area contributed by atoms with Crippen molar-refractivity contribution >= 4 is 5.91 Å². The van der Waals surface area contributed by atoms with Gasteiger partial charge in [-0.3, -0.25) is 14.7 Å². The fourth-order valence-electron chi connectivity index (χ4n) is 3.45. The minimum absolute atomic E-state index is 0.0997. The van der Waals surface area contributed by atoms with Gasteiger partial charge in [0.1, 0.15) is 0 Å². The van der Waals surface area contributed by atoms with E-state index >= 15 is 0 Å². The molecule has 0 radical (unpaired) electrons. The van der Waals surface area contributed by atoms with E-state index in [9.17, 15) is 9.90 Å². The van der Waals surface area contributed by atoms with Crippen LogP contribution in [0.1, 0.15) is 47.4 Å². The lowest BCUT2D eigenvalue weighted by atomic mass is 9.98. The second kappa shape index (κ2) is 8.84. The van der Waals surface area contributed by atoms with Crippen LogP contribution in [-0.4, -0.2) is 57.6 Å². The lowest BCUT2D eigenvalue weighted by Crippen LogP contribution is -2.48. The molecule has 2 aromatic rings. The predicted molar refractivity (Wildman–Crippen MR) is 111 cm³/mol. The number of hydrogen-bond donors (Lipinski definition) is 1. The molecule has 3 rings (SSSR count). The van der Waals surface area contributed by atoms with Gasteiger partial charge >= 0.3 is 0 Å². The van der Waals surface area contributed by atoms with Crippen LogP contribution in [0.3, 0.4) is 0 Å². The van der Waals surface area contributed by atoms with Gasteiger partial charge in [-0.1, -0.05) is 18.2 Å². The van der Waals surface area contributed by atoms with Crippen LogP contribution in [-0.2, 0) is 13.0 Å². The first kappa shape index (κ1) is 20.5. The van der Waals surface area contributed by atoms with Crippen LogP contribution in [0.25, 0.3) is 0 Å². The standard InChI is InChI=1S/C23H31N3O2/c1-18-5-4-12-24-21(18)17-25-13-15-26(16-14-25)22(27)20-8-6-19(7-9-20)10-11-23(2,3)28/h4-9,12,28H,10-11,13-17H2,1-3H3. The van der Waals surface area contributed by atoms with Crippen molar-refractivity contribution in [1.82, 2.24) is 14.8 Å². The van der Waals surface area contributed by atoms with Gasteiger partial charge in [-0.15, -0.1) is 0 Å². The summed E-state index contributed by atoms with van der Waals surface area (Å²) in [5, 5.41) is 9.85. The van der Waals surface area contributed by atoms with E-state index in [1.54, 1.807) is 0 Å². The Morgan fingerprint density at radius 2 is 1.79 bits per heavy atom. The Morgan fingerprint density at radius 3 is 2.39 bits per heavy atom. The van der Waals surface area contributed by atoms with Crippen LogP contribution in [0.4, 0.5) is 0 Å². The fourth-order valence-corrected chi connectivity index (χ4v) is 3.45. The number of rotatable bonds is 6. The van der Waals surface area contributed by atoms with Gasteiger partial charge in [0.05, 0.1) is 11.3 Å². The summed E-state index contributed by atoms with van der Waals surface area (Å²) in [5.41, 5.74) is 3.55. The van der Waals surface area contributed by atoms with Crippen molar-refractivity contribution in [1.29, 1.82) is 0 Å². The summed E-state index contributed by atoms with van der Waals surface area (Å²) in [6.07, 6.45) is 3.36. The third kappa shape index (κ3) is 5.63. The molecule has 0 saturated carbocycles. The molecule has 0 spiro atoms. The van der Waals surface area contributed by atoms with E-state index in [1.165, 1.54) is 5.56 Å². The highest BCUT2D eigenvalue weighted by atomic mass is 16.3. The molecule has 0 unspecified atom stereocenters. The van der Waals surface area contributed by atoms with Gasteiger partial charge in [0, 0.05) is 44.5 Å². The first-order valence-electron chi connectivity index (χ1n) is 10.1. The van der Waals surface area contributed by atoms with Crippen LogP contribution in [0.5, 0.6) is 0 Å². The number of amides is 1. The van der Waals surface area contributed by atoms with Gasteiger partial charge in [0.2, 0.25) is 0 Å². The number of aryl methyl sites for hydroxylation is 2. The number of carbonyl (C=O) groups is 1. The molecule has 1 amide bonds. The zero-order chi connectivity index (χ0) is 20.1. The second-order valence-corrected chi connectivity index (χ2v) is 8.34. The van der Waals surface area contributed by atoms with Gasteiger partial charge in [-0.05, 0) is 62.9 Å². The molecule has 5 nitrogen and oxygen atoms in total. The number of aliphatic hydroxyl groups is 1. The summed E-state index contributed by atoms with van der Waals surface area (Å²) in [7, 11) is 0. The van der Waals surface area contributed by atoms with E-state index in [4.69, 9.17) is 0 Å². The summed E-state index contributed by atoms with van der Waals surface area (Å²) in [5.74, 6) is 0.0997. The molecular weight excluding hydrogens is 350 g/mol. The van der Waals surface area contributed by atoms with Crippen LogP contribution in [0.15, 0.2) is 42.6 Å². The number of pyridine rings is 1. The van der Waals surface area contributed by atoms with Crippen LogP contribution >= 0.6 is 0 Å². The van der Waals surface area contributed by atoms with Crippen LogP contribution in [0.2, 0.25) is 0 Å². The molecule has 1 aliphatic rings. The fraction of sp³-hybridized carbons (Fsp3) is 0.478. The third-order valence-corrected chi connectivity index (χ3v) is 5.38. The van der Waals surface area contributed by atoms with Crippen LogP contribution < -0.4 is 0 Å². The van der Waals surface area contributed by atoms with Crippen molar-refractivity contribution in [2.45, 2.75) is 45.8 Å². The Morgan fingerprint density at radius 1 is 1.11 bits per heavy atom. The predicted octanol–water partition coefficient (Wildman–Crippen LogP) is 3.05. The van der Waals surface area contributed by atoms with Gasteiger partial charge < -0.3 is 10.0 Å². The quantitative estimate of drug-likeness (QED) is 0.836. The molecule has 1 fully saturated rings. The Labute approximate surface area is 168 Å². The minimum atomic E-state index is -0.665. The van der Waals surface area contributed by atoms with Gasteiger partial charge in [-0.25, -0.2) is 0 Å². The van der Waals surface area contributed by atoms with Crippen molar-refractivity contribution in [3.05, 3.63) is 65.0 Å². The van der Waals surface area contributed by atoms with E-state index < -0.39 is 5.60 Å². The smallest absolute Gasteiger partial charge is 0.253 e. The Bertz CT molecular complexity index is 788. The molecular formula is C23H31N3O2. The highest BCUT2D eigenvalue weighted by Gasteiger charge is 2.22. The largest absolute Gasteiger partial charge is 0.390 e. The number of piperazine rings is 1. The Hall–Kier alpha value is -2.24. The van der Waals surface area contributed by atoms with E-state index in [2.05, 4.69) is 22.9 Å². The van der Waals surface area contributed by atoms with Gasteiger partial charge in [-0.2, -0.15) is 0 Å². The highest BCUT2D eigenvalue weighted by Crippen LogP contribution is 2.16. The Kier molecular flexibility index (Phi) is 6.47. The molecule has 1 aromatic heterocycles. The van der Waals surface area contributed by atoms with Crippen molar-refractivity contribution in [3.8, 4) is 0 Å². The molecule has 150 valence electrons. The average molecular weight is 382 g/mol. The number of hydrogen-bond acceptors (Lipinski definition) is 4. The number of nitrogens with zero attached hydrogens (tertiary/aromatic N) is 3. The highest BCUT2D eigenvalue weighted by molar-refractivity contribution is 5.94. The number of carbonyl (C=O) groups excluding carboxylic acids is 1. The van der Waals surface area contributed by atoms with E-state index in [0.717, 1.165) is 56.0 Å². The van der Waals surface area contributed by atoms with Crippen molar-refractivity contribution in [2.24, 2.45) is 0 Å². The zero-order valence-electron chi connectivity index (χ0n) is 17.2. The number of benzene rings is 1. The maximum Gasteiger partial charge on any atom is 0.253 e. The van der Waals surface area contributed by atoms with E-state index in [1.807, 2.05) is 55.3 Å². The first-order chi connectivity index (χ1) is 13.3. The van der Waals surface area contributed by atoms with E-state index in [0.29, 0.717) is 6.42 Å². The monoisotopic (exact) mass is 381 g/mol. The molecule has 2 heterocycles. The molecule has 1 saturated heterocycles. The normalized spacial score (nSPS) is 15.6. The van der Waals surface area contributed by atoms with Crippen molar-refractivity contribution in [2.75, 3.05) is 26.2 Å². The van der Waals surface area contributed by atoms with E-state index in [-0.39, 0.29) is 5.91 Å². The lowest BCUT2D eigenvalue weighted by Gasteiger charge is -2.34. The average Bonchev–Trinajstić information content (AvgIpc) is 2.68. The summed E-state index contributed by atoms with van der Waals surface area (Å²) >= 11 is 0. The maximum atomic E-state index is 12.8. The summed E-state index contributed by atoms with van der Waals surface area (Å²) in [6.45, 7) is 9.78. The van der Waals surface area contributed by atoms with Gasteiger partial charge in [0.25, 0.3) is 5.91 Å².